The molecule has 2 aromatic carbocycles. The lowest BCUT2D eigenvalue weighted by Gasteiger charge is -2.35. The third-order valence-corrected chi connectivity index (χ3v) is 6.55. The number of halogens is 2. The second kappa shape index (κ2) is 11.0. The van der Waals surface area contributed by atoms with Crippen molar-refractivity contribution >= 4 is 40.7 Å². The lowest BCUT2D eigenvalue weighted by atomic mass is 10.1. The number of nitrogens with one attached hydrogen (secondary N) is 1. The number of ether oxygens (including phenoxy) is 1. The van der Waals surface area contributed by atoms with E-state index in [4.69, 9.17) is 27.9 Å². The molecule has 1 aromatic heterocycles. The standard InChI is InChI=1S/C25H27Cl2N5O2/c1-3-31-10-12-32(13-11-31)20-8-5-17(6-9-20)23-29-16-21(25(33)34-2)24(30-23)28-15-18-4-7-19(26)14-22(18)27/h4-9,14,16H,3,10-13,15H2,1-2H3,(H,28,29,30). The van der Waals surface area contributed by atoms with Gasteiger partial charge in [-0.3, -0.25) is 0 Å². The summed E-state index contributed by atoms with van der Waals surface area (Å²) >= 11 is 12.3. The SMILES string of the molecule is CCN1CCN(c2ccc(-c3ncc(C(=O)OC)c(NCc4ccc(Cl)cc4Cl)n3)cc2)CC1. The monoisotopic (exact) mass is 499 g/mol. The van der Waals surface area contributed by atoms with E-state index in [-0.39, 0.29) is 5.56 Å². The van der Waals surface area contributed by atoms with Crippen molar-refractivity contribution in [2.75, 3.05) is 50.1 Å². The van der Waals surface area contributed by atoms with E-state index in [1.807, 2.05) is 18.2 Å². The molecule has 1 aliphatic heterocycles. The van der Waals surface area contributed by atoms with Crippen LogP contribution in [-0.4, -0.2) is 60.7 Å². The largest absolute Gasteiger partial charge is 0.465 e. The highest BCUT2D eigenvalue weighted by Gasteiger charge is 2.18. The van der Waals surface area contributed by atoms with Crippen molar-refractivity contribution in [1.82, 2.24) is 14.9 Å². The molecule has 0 saturated carbocycles. The molecule has 0 amide bonds. The minimum atomic E-state index is -0.516. The van der Waals surface area contributed by atoms with Gasteiger partial charge < -0.3 is 19.9 Å². The van der Waals surface area contributed by atoms with E-state index in [2.05, 4.69) is 44.1 Å². The fourth-order valence-corrected chi connectivity index (χ4v) is 4.38. The molecule has 4 rings (SSSR count). The molecule has 1 saturated heterocycles. The highest BCUT2D eigenvalue weighted by Crippen LogP contribution is 2.26. The molecule has 1 aliphatic rings. The van der Waals surface area contributed by atoms with Crippen molar-refractivity contribution in [1.29, 1.82) is 0 Å². The minimum Gasteiger partial charge on any atom is -0.465 e. The van der Waals surface area contributed by atoms with Crippen LogP contribution in [0.4, 0.5) is 11.5 Å². The highest BCUT2D eigenvalue weighted by molar-refractivity contribution is 6.35. The van der Waals surface area contributed by atoms with Crippen molar-refractivity contribution < 1.29 is 9.53 Å². The molecule has 7 nitrogen and oxygen atoms in total. The molecule has 0 bridgehead atoms. The summed E-state index contributed by atoms with van der Waals surface area (Å²) in [5.41, 5.74) is 3.12. The number of benzene rings is 2. The number of hydrogen-bond acceptors (Lipinski definition) is 7. The maximum atomic E-state index is 12.3. The normalized spacial score (nSPS) is 14.2. The first-order chi connectivity index (χ1) is 16.5. The molecule has 1 fully saturated rings. The summed E-state index contributed by atoms with van der Waals surface area (Å²) in [6.45, 7) is 7.82. The smallest absolute Gasteiger partial charge is 0.343 e. The van der Waals surface area contributed by atoms with Crippen LogP contribution in [0.25, 0.3) is 11.4 Å². The van der Waals surface area contributed by atoms with Crippen LogP contribution in [0.5, 0.6) is 0 Å². The van der Waals surface area contributed by atoms with Crippen LogP contribution in [-0.2, 0) is 11.3 Å². The fraction of sp³-hybridized carbons (Fsp3) is 0.320. The Kier molecular flexibility index (Phi) is 7.88. The molecule has 34 heavy (non-hydrogen) atoms. The number of piperazine rings is 1. The van der Waals surface area contributed by atoms with Crippen LogP contribution in [0.3, 0.4) is 0 Å². The van der Waals surface area contributed by atoms with Gasteiger partial charge in [-0.25, -0.2) is 14.8 Å². The number of rotatable bonds is 7. The first-order valence-electron chi connectivity index (χ1n) is 11.2. The average molecular weight is 500 g/mol. The van der Waals surface area contributed by atoms with Gasteiger partial charge in [0.25, 0.3) is 0 Å². The quantitative estimate of drug-likeness (QED) is 0.459. The second-order valence-electron chi connectivity index (χ2n) is 8.00. The number of nitrogens with zero attached hydrogens (tertiary/aromatic N) is 4. The number of likely N-dealkylation sites (N-methyl/N-ethyl adjacent to an activating group) is 1. The Morgan fingerprint density at radius 2 is 1.82 bits per heavy atom. The van der Waals surface area contributed by atoms with Crippen molar-refractivity contribution in [3.05, 3.63) is 69.8 Å². The van der Waals surface area contributed by atoms with E-state index in [9.17, 15) is 4.79 Å². The third kappa shape index (κ3) is 5.60. The average Bonchev–Trinajstić information content (AvgIpc) is 2.88. The Balaban J connectivity index is 1.54. The Morgan fingerprint density at radius 1 is 1.09 bits per heavy atom. The van der Waals surface area contributed by atoms with Crippen LogP contribution in [0.2, 0.25) is 10.0 Å². The van der Waals surface area contributed by atoms with Crippen LogP contribution in [0, 0.1) is 0 Å². The molecule has 9 heteroatoms. The van der Waals surface area contributed by atoms with Crippen molar-refractivity contribution in [2.24, 2.45) is 0 Å². The Labute approximate surface area is 209 Å². The number of anilines is 2. The number of esters is 1. The Bertz CT molecular complexity index is 1150. The summed E-state index contributed by atoms with van der Waals surface area (Å²) in [6.07, 6.45) is 1.48. The summed E-state index contributed by atoms with van der Waals surface area (Å²) in [6, 6.07) is 13.5. The van der Waals surface area contributed by atoms with E-state index >= 15 is 0 Å². The molecule has 1 N–H and O–H groups in total. The van der Waals surface area contributed by atoms with Gasteiger partial charge in [-0.05, 0) is 48.5 Å². The van der Waals surface area contributed by atoms with E-state index in [1.54, 1.807) is 12.1 Å². The number of methoxy groups -OCH3 is 1. The Hall–Kier alpha value is -2.87. The maximum absolute atomic E-state index is 12.3. The molecule has 2 heterocycles. The molecule has 0 unspecified atom stereocenters. The van der Waals surface area contributed by atoms with Crippen LogP contribution < -0.4 is 10.2 Å². The molecule has 0 spiro atoms. The summed E-state index contributed by atoms with van der Waals surface area (Å²) in [5, 5.41) is 4.29. The van der Waals surface area contributed by atoms with Gasteiger partial charge in [0, 0.05) is 60.2 Å². The van der Waals surface area contributed by atoms with Gasteiger partial charge in [0.2, 0.25) is 0 Å². The predicted molar refractivity (Wildman–Crippen MR) is 137 cm³/mol. The second-order valence-corrected chi connectivity index (χ2v) is 8.85. The summed E-state index contributed by atoms with van der Waals surface area (Å²) in [5.74, 6) is 0.375. The van der Waals surface area contributed by atoms with Gasteiger partial charge >= 0.3 is 5.97 Å². The van der Waals surface area contributed by atoms with Crippen LogP contribution >= 0.6 is 23.2 Å². The summed E-state index contributed by atoms with van der Waals surface area (Å²) in [4.78, 5) is 26.2. The van der Waals surface area contributed by atoms with Crippen molar-refractivity contribution in [3.8, 4) is 11.4 Å². The zero-order valence-corrected chi connectivity index (χ0v) is 20.7. The molecule has 3 aromatic rings. The molecule has 0 radical (unpaired) electrons. The lowest BCUT2D eigenvalue weighted by molar-refractivity contribution is 0.0601. The van der Waals surface area contributed by atoms with E-state index in [0.29, 0.717) is 28.2 Å². The van der Waals surface area contributed by atoms with Crippen molar-refractivity contribution in [2.45, 2.75) is 13.5 Å². The van der Waals surface area contributed by atoms with Crippen LogP contribution in [0.15, 0.2) is 48.7 Å². The third-order valence-electron chi connectivity index (χ3n) is 5.97. The van der Waals surface area contributed by atoms with Gasteiger partial charge in [-0.1, -0.05) is 36.2 Å². The number of carbonyl (C=O) groups is 1. The maximum Gasteiger partial charge on any atom is 0.343 e. The van der Waals surface area contributed by atoms with Gasteiger partial charge in [0.1, 0.15) is 11.4 Å². The fourth-order valence-electron chi connectivity index (χ4n) is 3.90. The van der Waals surface area contributed by atoms with E-state index in [1.165, 1.54) is 19.0 Å². The van der Waals surface area contributed by atoms with E-state index in [0.717, 1.165) is 43.9 Å². The minimum absolute atomic E-state index is 0.252. The topological polar surface area (TPSA) is 70.6 Å². The first kappa shape index (κ1) is 24.3. The van der Waals surface area contributed by atoms with Crippen LogP contribution in [0.1, 0.15) is 22.8 Å². The van der Waals surface area contributed by atoms with Gasteiger partial charge in [-0.15, -0.1) is 0 Å². The zero-order chi connectivity index (χ0) is 24.1. The van der Waals surface area contributed by atoms with Gasteiger partial charge in [0.15, 0.2) is 5.82 Å². The summed E-state index contributed by atoms with van der Waals surface area (Å²) < 4.78 is 4.90. The van der Waals surface area contributed by atoms with Gasteiger partial charge in [0.05, 0.1) is 7.11 Å². The van der Waals surface area contributed by atoms with Gasteiger partial charge in [-0.2, -0.15) is 0 Å². The number of aromatic nitrogens is 2. The molecular weight excluding hydrogens is 473 g/mol. The zero-order valence-electron chi connectivity index (χ0n) is 19.2. The first-order valence-corrected chi connectivity index (χ1v) is 11.9. The highest BCUT2D eigenvalue weighted by atomic mass is 35.5. The van der Waals surface area contributed by atoms with Crippen molar-refractivity contribution in [3.63, 3.8) is 0 Å². The molecule has 0 atom stereocenters. The number of carbonyl (C=O) groups excluding carboxylic acids is 1. The lowest BCUT2D eigenvalue weighted by Crippen LogP contribution is -2.46. The molecular formula is C25H27Cl2N5O2. The molecule has 0 aliphatic carbocycles. The Morgan fingerprint density at radius 3 is 2.47 bits per heavy atom. The van der Waals surface area contributed by atoms with E-state index < -0.39 is 5.97 Å². The predicted octanol–water partition coefficient (Wildman–Crippen LogP) is 4.99. The number of hydrogen-bond donors (Lipinski definition) is 1. The molecule has 178 valence electrons. The summed E-state index contributed by atoms with van der Waals surface area (Å²) in [7, 11) is 1.33.